The van der Waals surface area contributed by atoms with Crippen molar-refractivity contribution in [1.82, 2.24) is 40.0 Å². The molecular weight excluding hydrogens is 474 g/mol. The fourth-order valence-electron chi connectivity index (χ4n) is 5.05. The van der Waals surface area contributed by atoms with E-state index in [4.69, 9.17) is 9.97 Å². The van der Waals surface area contributed by atoms with Crippen molar-refractivity contribution >= 4 is 27.6 Å². The molecule has 10 heteroatoms. The summed E-state index contributed by atoms with van der Waals surface area (Å²) in [6.07, 6.45) is 14.2. The van der Waals surface area contributed by atoms with Gasteiger partial charge in [0.05, 0.1) is 35.0 Å². The Morgan fingerprint density at radius 2 is 1.92 bits per heavy atom. The number of H-pyrrole nitrogens is 2. The number of aromatic nitrogens is 7. The maximum absolute atomic E-state index is 13.6. The maximum Gasteiger partial charge on any atom is 0.261 e. The van der Waals surface area contributed by atoms with Crippen LogP contribution in [0, 0.1) is 0 Å². The average molecular weight is 497 g/mol. The monoisotopic (exact) mass is 496 g/mol. The van der Waals surface area contributed by atoms with Gasteiger partial charge in [-0.25, -0.2) is 18.7 Å². The molecule has 8 nitrogen and oxygen atoms in total. The van der Waals surface area contributed by atoms with Gasteiger partial charge in [0.25, 0.3) is 5.92 Å². The van der Waals surface area contributed by atoms with Crippen LogP contribution in [0.4, 0.5) is 8.78 Å². The van der Waals surface area contributed by atoms with Crippen LogP contribution in [-0.2, 0) is 6.54 Å². The molecular formula is C27H22F2N8. The van der Waals surface area contributed by atoms with Gasteiger partial charge in [0.15, 0.2) is 11.5 Å². The van der Waals surface area contributed by atoms with Crippen LogP contribution in [0.5, 0.6) is 0 Å². The summed E-state index contributed by atoms with van der Waals surface area (Å²) in [7, 11) is 0. The number of halogens is 2. The summed E-state index contributed by atoms with van der Waals surface area (Å²) in [5, 5.41) is 7.54. The number of rotatable bonds is 5. The first kappa shape index (κ1) is 21.9. The average Bonchev–Trinajstić information content (AvgIpc) is 3.69. The third kappa shape index (κ3) is 3.99. The van der Waals surface area contributed by atoms with E-state index in [-0.39, 0.29) is 13.0 Å². The minimum absolute atomic E-state index is 0.102. The van der Waals surface area contributed by atoms with Crippen LogP contribution in [0.2, 0.25) is 0 Å². The topological polar surface area (TPSA) is 99.3 Å². The number of hydrogen-bond donors (Lipinski definition) is 2. The Balaban J connectivity index is 1.24. The smallest absolute Gasteiger partial charge is 0.261 e. The number of nitrogens with zero attached hydrogens (tertiary/aromatic N) is 6. The van der Waals surface area contributed by atoms with Gasteiger partial charge in [-0.2, -0.15) is 5.10 Å². The molecule has 0 saturated carbocycles. The van der Waals surface area contributed by atoms with Crippen LogP contribution in [-0.4, -0.2) is 59.0 Å². The molecule has 7 rings (SSSR count). The highest BCUT2D eigenvalue weighted by Gasteiger charge is 2.37. The minimum atomic E-state index is -2.62. The zero-order chi connectivity index (χ0) is 25.0. The third-order valence-corrected chi connectivity index (χ3v) is 6.85. The molecule has 1 aliphatic heterocycles. The molecule has 184 valence electrons. The van der Waals surface area contributed by atoms with Crippen LogP contribution in [0.25, 0.3) is 50.4 Å². The Morgan fingerprint density at radius 1 is 1.00 bits per heavy atom. The first-order chi connectivity index (χ1) is 18.0. The minimum Gasteiger partial charge on any atom is -0.335 e. The largest absolute Gasteiger partial charge is 0.335 e. The first-order valence-electron chi connectivity index (χ1n) is 12.1. The summed E-state index contributed by atoms with van der Waals surface area (Å²) >= 11 is 0. The van der Waals surface area contributed by atoms with Crippen molar-refractivity contribution in [2.75, 3.05) is 13.1 Å². The number of pyridine rings is 3. The van der Waals surface area contributed by atoms with Crippen LogP contribution < -0.4 is 0 Å². The molecule has 1 fully saturated rings. The van der Waals surface area contributed by atoms with E-state index in [0.717, 1.165) is 50.9 Å². The lowest BCUT2D eigenvalue weighted by molar-refractivity contribution is 0.0115. The molecule has 0 atom stereocenters. The van der Waals surface area contributed by atoms with Gasteiger partial charge in [0.1, 0.15) is 5.52 Å². The van der Waals surface area contributed by atoms with Crippen molar-refractivity contribution in [3.05, 3.63) is 72.3 Å². The number of allylic oxidation sites excluding steroid dienone is 4. The standard InChI is InChI=1S/C27H22F2N8/c28-27(29)7-8-37(15-27)14-16-9-18(11-30-10-16)20-5-6-21-24(32-20)25(36-35-21)26-33-22-13-31-12-19(23(22)34-26)17-3-1-2-4-17/h1,3-6,9-13H,2,7-8,14-15H2,(H,33,34)(H,35,36). The summed E-state index contributed by atoms with van der Waals surface area (Å²) in [6.45, 7) is 0.584. The van der Waals surface area contributed by atoms with Crippen molar-refractivity contribution in [2.24, 2.45) is 0 Å². The van der Waals surface area contributed by atoms with E-state index >= 15 is 0 Å². The number of hydrogen-bond acceptors (Lipinski definition) is 6. The molecule has 5 aromatic heterocycles. The maximum atomic E-state index is 13.6. The number of fused-ring (bicyclic) bond motifs is 2. The molecule has 0 spiro atoms. The van der Waals surface area contributed by atoms with E-state index in [9.17, 15) is 8.78 Å². The normalized spacial score (nSPS) is 17.3. The lowest BCUT2D eigenvalue weighted by Crippen LogP contribution is -2.24. The van der Waals surface area contributed by atoms with Crippen molar-refractivity contribution in [3.63, 3.8) is 0 Å². The predicted octanol–water partition coefficient (Wildman–Crippen LogP) is 5.14. The van der Waals surface area contributed by atoms with E-state index in [2.05, 4.69) is 43.4 Å². The SMILES string of the molecule is FC1(F)CCN(Cc2cncc(-c3ccc4[nH]nc(-c5nc6c(C7=CCC=C7)cncc6[nH]5)c4n3)c2)C1. The molecule has 0 bridgehead atoms. The molecule has 0 radical (unpaired) electrons. The Hall–Kier alpha value is -4.31. The van der Waals surface area contributed by atoms with Gasteiger partial charge < -0.3 is 4.98 Å². The molecule has 5 aromatic rings. The van der Waals surface area contributed by atoms with Crippen molar-refractivity contribution < 1.29 is 8.78 Å². The summed E-state index contributed by atoms with van der Waals surface area (Å²) in [5.74, 6) is -2.02. The zero-order valence-corrected chi connectivity index (χ0v) is 19.7. The first-order valence-corrected chi connectivity index (χ1v) is 12.1. The van der Waals surface area contributed by atoms with Gasteiger partial charge in [-0.15, -0.1) is 0 Å². The Kier molecular flexibility index (Phi) is 4.97. The second kappa shape index (κ2) is 8.38. The van der Waals surface area contributed by atoms with E-state index < -0.39 is 5.92 Å². The van der Waals surface area contributed by atoms with Gasteiger partial charge in [-0.05, 0) is 35.8 Å². The Bertz CT molecular complexity index is 1710. The van der Waals surface area contributed by atoms with E-state index in [1.807, 2.05) is 24.4 Å². The lowest BCUT2D eigenvalue weighted by Gasteiger charge is -2.15. The summed E-state index contributed by atoms with van der Waals surface area (Å²) in [6, 6.07) is 5.78. The molecule has 1 saturated heterocycles. The third-order valence-electron chi connectivity index (χ3n) is 6.85. The van der Waals surface area contributed by atoms with Crippen LogP contribution in [0.3, 0.4) is 0 Å². The second-order valence-corrected chi connectivity index (χ2v) is 9.53. The number of likely N-dealkylation sites (tertiary alicyclic amines) is 1. The lowest BCUT2D eigenvalue weighted by atomic mass is 10.1. The number of aromatic amines is 2. The highest BCUT2D eigenvalue weighted by atomic mass is 19.3. The van der Waals surface area contributed by atoms with Crippen LogP contribution >= 0.6 is 0 Å². The molecule has 0 unspecified atom stereocenters. The zero-order valence-electron chi connectivity index (χ0n) is 19.7. The number of nitrogens with one attached hydrogen (secondary N) is 2. The number of imidazole rings is 1. The van der Waals surface area contributed by atoms with Crippen LogP contribution in [0.15, 0.2) is 61.2 Å². The molecule has 37 heavy (non-hydrogen) atoms. The van der Waals surface area contributed by atoms with Crippen LogP contribution in [0.1, 0.15) is 24.0 Å². The van der Waals surface area contributed by atoms with Gasteiger partial charge >= 0.3 is 0 Å². The van der Waals surface area contributed by atoms with Gasteiger partial charge in [-0.3, -0.25) is 20.0 Å². The van der Waals surface area contributed by atoms with Crippen molar-refractivity contribution in [1.29, 1.82) is 0 Å². The predicted molar refractivity (Wildman–Crippen MR) is 137 cm³/mol. The van der Waals surface area contributed by atoms with Gasteiger partial charge in [-0.1, -0.05) is 18.2 Å². The fraction of sp³-hybridized carbons (Fsp3) is 0.222. The molecule has 2 aliphatic rings. The summed E-state index contributed by atoms with van der Waals surface area (Å²) in [5.41, 5.74) is 8.21. The highest BCUT2D eigenvalue weighted by molar-refractivity contribution is 5.96. The van der Waals surface area contributed by atoms with E-state index in [1.54, 1.807) is 23.5 Å². The molecule has 6 heterocycles. The Labute approximate surface area is 210 Å². The van der Waals surface area contributed by atoms with Crippen molar-refractivity contribution in [2.45, 2.75) is 25.3 Å². The number of alkyl halides is 2. The fourth-order valence-corrected chi connectivity index (χ4v) is 5.05. The van der Waals surface area contributed by atoms with Gasteiger partial charge in [0.2, 0.25) is 0 Å². The molecule has 0 aromatic carbocycles. The van der Waals surface area contributed by atoms with E-state index in [0.29, 0.717) is 30.1 Å². The van der Waals surface area contributed by atoms with Gasteiger partial charge in [0, 0.05) is 49.2 Å². The Morgan fingerprint density at radius 3 is 2.76 bits per heavy atom. The highest BCUT2D eigenvalue weighted by Crippen LogP contribution is 2.32. The molecule has 1 aliphatic carbocycles. The van der Waals surface area contributed by atoms with E-state index in [1.165, 1.54) is 0 Å². The quantitative estimate of drug-likeness (QED) is 0.350. The van der Waals surface area contributed by atoms with Crippen molar-refractivity contribution in [3.8, 4) is 22.8 Å². The summed E-state index contributed by atoms with van der Waals surface area (Å²) < 4.78 is 27.2. The molecule has 0 amide bonds. The summed E-state index contributed by atoms with van der Waals surface area (Å²) in [4.78, 5) is 23.6. The second-order valence-electron chi connectivity index (χ2n) is 9.53. The molecule has 2 N–H and O–H groups in total.